The minimum Gasteiger partial charge on any atom is -0.467 e. The molecule has 2 aromatic heterocycles. The minimum atomic E-state index is -0.869. The van der Waals surface area contributed by atoms with Gasteiger partial charge in [0, 0.05) is 30.6 Å². The maximum atomic E-state index is 12.1. The zero-order valence-electron chi connectivity index (χ0n) is 22.6. The van der Waals surface area contributed by atoms with Crippen molar-refractivity contribution in [2.75, 3.05) is 19.0 Å². The van der Waals surface area contributed by atoms with Crippen molar-refractivity contribution in [3.05, 3.63) is 53.0 Å². The van der Waals surface area contributed by atoms with Crippen LogP contribution in [-0.4, -0.2) is 47.3 Å². The van der Waals surface area contributed by atoms with Crippen molar-refractivity contribution in [2.24, 2.45) is 0 Å². The Bertz CT molecular complexity index is 971. The van der Waals surface area contributed by atoms with E-state index in [4.69, 9.17) is 14.5 Å². The Hall–Kier alpha value is -3.16. The first-order valence-corrected chi connectivity index (χ1v) is 12.9. The van der Waals surface area contributed by atoms with Crippen LogP contribution >= 0.6 is 0 Å². The highest BCUT2D eigenvalue weighted by Crippen LogP contribution is 2.20. The fraction of sp³-hybridized carbons (Fsp3) is 0.571. The molecule has 1 aliphatic rings. The molecule has 1 aliphatic heterocycles. The summed E-state index contributed by atoms with van der Waals surface area (Å²) >= 11 is 0. The monoisotopic (exact) mass is 498 g/mol. The molecule has 0 saturated carbocycles. The number of fused-ring (bicyclic) bond motifs is 1. The summed E-state index contributed by atoms with van der Waals surface area (Å²) in [6, 6.07) is 7.32. The Morgan fingerprint density at radius 3 is 2.47 bits per heavy atom. The Balaban J connectivity index is 0.00000145. The number of amides is 1. The van der Waals surface area contributed by atoms with Gasteiger partial charge in [0.2, 0.25) is 0 Å². The number of nitrogens with zero attached hydrogens (tertiary/aromatic N) is 2. The summed E-state index contributed by atoms with van der Waals surface area (Å²) in [5.74, 6) is 0.490. The fourth-order valence-electron chi connectivity index (χ4n) is 3.70. The molecule has 3 heterocycles. The number of rotatable bonds is 8. The normalized spacial score (nSPS) is 13.3. The van der Waals surface area contributed by atoms with E-state index < -0.39 is 23.7 Å². The van der Waals surface area contributed by atoms with E-state index in [1.165, 1.54) is 19.1 Å². The first kappa shape index (κ1) is 29.1. The van der Waals surface area contributed by atoms with Gasteiger partial charge < -0.3 is 20.1 Å². The Morgan fingerprint density at radius 1 is 1.11 bits per heavy atom. The Morgan fingerprint density at radius 2 is 1.83 bits per heavy atom. The molecule has 0 saturated heterocycles. The second kappa shape index (κ2) is 14.4. The first-order chi connectivity index (χ1) is 17.1. The molecule has 1 atom stereocenters. The highest BCUT2D eigenvalue weighted by Gasteiger charge is 2.25. The topological polar surface area (TPSA) is 102 Å². The summed E-state index contributed by atoms with van der Waals surface area (Å²) in [5.41, 5.74) is 3.55. The number of nitrogens with one attached hydrogen (secondary N) is 2. The molecule has 0 spiro atoms. The van der Waals surface area contributed by atoms with Gasteiger partial charge in [0.1, 0.15) is 17.5 Å². The standard InChI is InChI=1S/C25H34N4O4.C3H8/c1-25(2,3)33-24(31)29-21(23(30)32-4)15-20-12-10-17(16-27-20)7-5-9-19-13-11-18-8-6-14-26-22(18)28-19;1-3-2/h10-13,16,21H,5-9,14-15H2,1-4H3,(H,26,28)(H,29,31);3H2,1-2H3/t21-;/m0./s1. The number of alkyl carbamates (subject to hydrolysis) is 1. The van der Waals surface area contributed by atoms with Crippen molar-refractivity contribution >= 4 is 17.9 Å². The lowest BCUT2D eigenvalue weighted by Gasteiger charge is -2.22. The van der Waals surface area contributed by atoms with Gasteiger partial charge in [-0.25, -0.2) is 14.6 Å². The van der Waals surface area contributed by atoms with Crippen molar-refractivity contribution in [1.82, 2.24) is 15.3 Å². The molecule has 0 radical (unpaired) electrons. The lowest BCUT2D eigenvalue weighted by atomic mass is 10.0. The number of ether oxygens (including phenoxy) is 2. The van der Waals surface area contributed by atoms with Crippen LogP contribution in [0.5, 0.6) is 0 Å². The molecular formula is C28H42N4O4. The van der Waals surface area contributed by atoms with Crippen LogP contribution in [0.3, 0.4) is 0 Å². The summed E-state index contributed by atoms with van der Waals surface area (Å²) in [6.07, 6.45) is 7.64. The lowest BCUT2D eigenvalue weighted by Crippen LogP contribution is -2.45. The maximum Gasteiger partial charge on any atom is 0.408 e. The Labute approximate surface area is 215 Å². The van der Waals surface area contributed by atoms with Crippen LogP contribution in [0.15, 0.2) is 30.5 Å². The first-order valence-electron chi connectivity index (χ1n) is 12.9. The molecule has 36 heavy (non-hydrogen) atoms. The zero-order valence-corrected chi connectivity index (χ0v) is 22.6. The average Bonchev–Trinajstić information content (AvgIpc) is 2.83. The third-order valence-electron chi connectivity index (χ3n) is 5.33. The number of carbonyl (C=O) groups is 2. The van der Waals surface area contributed by atoms with Crippen molar-refractivity contribution in [2.45, 2.75) is 91.2 Å². The molecule has 1 amide bonds. The van der Waals surface area contributed by atoms with Gasteiger partial charge in [0.25, 0.3) is 0 Å². The summed E-state index contributed by atoms with van der Waals surface area (Å²) in [6.45, 7) is 10.5. The summed E-state index contributed by atoms with van der Waals surface area (Å²) in [5, 5.41) is 5.95. The van der Waals surface area contributed by atoms with Gasteiger partial charge in [-0.2, -0.15) is 0 Å². The molecule has 2 aromatic rings. The van der Waals surface area contributed by atoms with Crippen LogP contribution in [0.25, 0.3) is 0 Å². The molecule has 198 valence electrons. The molecule has 0 aliphatic carbocycles. The van der Waals surface area contributed by atoms with Crippen LogP contribution in [0.2, 0.25) is 0 Å². The summed E-state index contributed by atoms with van der Waals surface area (Å²) < 4.78 is 10.1. The van der Waals surface area contributed by atoms with Gasteiger partial charge in [-0.05, 0) is 76.1 Å². The quantitative estimate of drug-likeness (QED) is 0.492. The maximum absolute atomic E-state index is 12.1. The molecule has 0 aromatic carbocycles. The highest BCUT2D eigenvalue weighted by molar-refractivity contribution is 5.81. The van der Waals surface area contributed by atoms with Crippen molar-refractivity contribution < 1.29 is 19.1 Å². The van der Waals surface area contributed by atoms with E-state index in [0.717, 1.165) is 55.7 Å². The van der Waals surface area contributed by atoms with Gasteiger partial charge >= 0.3 is 12.1 Å². The number of methoxy groups -OCH3 is 1. The van der Waals surface area contributed by atoms with Crippen LogP contribution in [0.4, 0.5) is 10.6 Å². The second-order valence-corrected chi connectivity index (χ2v) is 9.99. The molecule has 8 nitrogen and oxygen atoms in total. The van der Waals surface area contributed by atoms with E-state index >= 15 is 0 Å². The second-order valence-electron chi connectivity index (χ2n) is 9.99. The molecule has 0 unspecified atom stereocenters. The number of hydrogen-bond donors (Lipinski definition) is 2. The SMILES string of the molecule is CCC.COC(=O)[C@H](Cc1ccc(CCCc2ccc3c(n2)NCCC3)cn1)NC(=O)OC(C)(C)C. The fourth-order valence-corrected chi connectivity index (χ4v) is 3.70. The van der Waals surface area contributed by atoms with E-state index in [9.17, 15) is 9.59 Å². The zero-order chi connectivity index (χ0) is 26.6. The van der Waals surface area contributed by atoms with E-state index in [1.54, 1.807) is 20.8 Å². The predicted molar refractivity (Wildman–Crippen MR) is 142 cm³/mol. The van der Waals surface area contributed by atoms with Crippen molar-refractivity contribution in [3.63, 3.8) is 0 Å². The van der Waals surface area contributed by atoms with Gasteiger partial charge in [-0.1, -0.05) is 32.4 Å². The number of aromatic nitrogens is 2. The summed E-state index contributed by atoms with van der Waals surface area (Å²) in [4.78, 5) is 33.4. The Kier molecular flexibility index (Phi) is 11.6. The van der Waals surface area contributed by atoms with Crippen LogP contribution < -0.4 is 10.6 Å². The number of anilines is 1. The molecule has 0 bridgehead atoms. The van der Waals surface area contributed by atoms with Crippen molar-refractivity contribution in [1.29, 1.82) is 0 Å². The lowest BCUT2D eigenvalue weighted by molar-refractivity contribution is -0.143. The highest BCUT2D eigenvalue weighted by atomic mass is 16.6. The molecule has 2 N–H and O–H groups in total. The molecular weight excluding hydrogens is 456 g/mol. The molecule has 8 heteroatoms. The van der Waals surface area contributed by atoms with Gasteiger partial charge in [0.15, 0.2) is 0 Å². The molecule has 0 fully saturated rings. The number of hydrogen-bond acceptors (Lipinski definition) is 7. The van der Waals surface area contributed by atoms with E-state index in [1.807, 2.05) is 18.3 Å². The smallest absolute Gasteiger partial charge is 0.408 e. The largest absolute Gasteiger partial charge is 0.467 e. The average molecular weight is 499 g/mol. The summed E-state index contributed by atoms with van der Waals surface area (Å²) in [7, 11) is 1.29. The number of aryl methyl sites for hydroxylation is 3. The van der Waals surface area contributed by atoms with Crippen LogP contribution in [0.1, 0.15) is 76.4 Å². The third-order valence-corrected chi connectivity index (χ3v) is 5.33. The number of esters is 1. The minimum absolute atomic E-state index is 0.220. The van der Waals surface area contributed by atoms with Gasteiger partial charge in [-0.15, -0.1) is 0 Å². The predicted octanol–water partition coefficient (Wildman–Crippen LogP) is 5.04. The van der Waals surface area contributed by atoms with E-state index in [2.05, 4.69) is 41.6 Å². The number of pyridine rings is 2. The third kappa shape index (κ3) is 10.2. The van der Waals surface area contributed by atoms with Crippen molar-refractivity contribution in [3.8, 4) is 0 Å². The van der Waals surface area contributed by atoms with Gasteiger partial charge in [0.05, 0.1) is 7.11 Å². The van der Waals surface area contributed by atoms with Gasteiger partial charge in [-0.3, -0.25) is 4.98 Å². The number of carbonyl (C=O) groups excluding carboxylic acids is 2. The molecule has 3 rings (SSSR count). The van der Waals surface area contributed by atoms with E-state index in [0.29, 0.717) is 5.69 Å². The van der Waals surface area contributed by atoms with Crippen LogP contribution in [0, 0.1) is 0 Å². The van der Waals surface area contributed by atoms with E-state index in [-0.39, 0.29) is 6.42 Å². The van der Waals surface area contributed by atoms with Crippen LogP contribution in [-0.2, 0) is 40.0 Å².